The number of halogens is 1. The largest absolute Gasteiger partial charge is 0.426 e. The highest BCUT2D eigenvalue weighted by Gasteiger charge is 2.28. The van der Waals surface area contributed by atoms with Crippen LogP contribution in [-0.2, 0) is 10.0 Å². The number of carbonyl (C=O) groups excluding carboxylic acids is 1. The van der Waals surface area contributed by atoms with Crippen LogP contribution in [0.1, 0.15) is 10.6 Å². The van der Waals surface area contributed by atoms with Gasteiger partial charge in [0.15, 0.2) is 5.76 Å². The van der Waals surface area contributed by atoms with Crippen molar-refractivity contribution in [2.45, 2.75) is 0 Å². The third-order valence-corrected chi connectivity index (χ3v) is 5.10. The molecule has 0 bridgehead atoms. The number of nitrogens with zero attached hydrogens (tertiary/aromatic N) is 2. The highest BCUT2D eigenvalue weighted by atomic mass is 32.2. The standard InChI is InChI=1S/C16H17FN2O5S/c1-25(21,22)19-9-7-18(8-10-19)16(20)14-5-6-15(24-14)23-13-4-2-3-12(17)11-13/h2-6,11H,7-10H2,1H3. The van der Waals surface area contributed by atoms with Crippen molar-refractivity contribution >= 4 is 15.9 Å². The van der Waals surface area contributed by atoms with Gasteiger partial charge in [-0.25, -0.2) is 12.8 Å². The molecule has 9 heteroatoms. The second-order valence-electron chi connectivity index (χ2n) is 5.63. The van der Waals surface area contributed by atoms with Crippen molar-refractivity contribution < 1.29 is 26.8 Å². The van der Waals surface area contributed by atoms with Gasteiger partial charge in [0.25, 0.3) is 11.9 Å². The minimum atomic E-state index is -3.25. The Balaban J connectivity index is 1.63. The van der Waals surface area contributed by atoms with Gasteiger partial charge in [0.05, 0.1) is 6.26 Å². The van der Waals surface area contributed by atoms with Gasteiger partial charge >= 0.3 is 0 Å². The van der Waals surface area contributed by atoms with Gasteiger partial charge in [0.2, 0.25) is 10.0 Å². The van der Waals surface area contributed by atoms with Crippen LogP contribution in [0.25, 0.3) is 0 Å². The number of sulfonamides is 1. The number of benzene rings is 1. The summed E-state index contributed by atoms with van der Waals surface area (Å²) in [7, 11) is -3.25. The maximum Gasteiger partial charge on any atom is 0.290 e. The third kappa shape index (κ3) is 4.18. The molecule has 1 aliphatic rings. The average molecular weight is 368 g/mol. The molecule has 0 aliphatic carbocycles. The summed E-state index contributed by atoms with van der Waals surface area (Å²) in [6.45, 7) is 1.06. The molecule has 1 aliphatic heterocycles. The lowest BCUT2D eigenvalue weighted by atomic mass is 10.3. The zero-order chi connectivity index (χ0) is 18.0. The lowest BCUT2D eigenvalue weighted by molar-refractivity contribution is 0.0661. The van der Waals surface area contributed by atoms with Crippen molar-refractivity contribution in [3.63, 3.8) is 0 Å². The molecule has 2 heterocycles. The van der Waals surface area contributed by atoms with Gasteiger partial charge in [-0.05, 0) is 18.2 Å². The molecule has 0 saturated carbocycles. The van der Waals surface area contributed by atoms with Gasteiger partial charge in [-0.1, -0.05) is 6.07 Å². The second-order valence-corrected chi connectivity index (χ2v) is 7.61. The number of amides is 1. The molecule has 1 aromatic heterocycles. The number of hydrogen-bond acceptors (Lipinski definition) is 5. The highest BCUT2D eigenvalue weighted by Crippen LogP contribution is 2.25. The minimum Gasteiger partial charge on any atom is -0.426 e. The molecule has 1 fully saturated rings. The third-order valence-electron chi connectivity index (χ3n) is 3.80. The first-order chi connectivity index (χ1) is 11.8. The van der Waals surface area contributed by atoms with Crippen molar-refractivity contribution in [3.8, 4) is 11.7 Å². The first-order valence-electron chi connectivity index (χ1n) is 7.60. The van der Waals surface area contributed by atoms with Crippen LogP contribution in [-0.4, -0.2) is 56.0 Å². The van der Waals surface area contributed by atoms with E-state index >= 15 is 0 Å². The number of rotatable bonds is 4. The van der Waals surface area contributed by atoms with Gasteiger partial charge in [0, 0.05) is 38.3 Å². The Hall–Kier alpha value is -2.39. The normalized spacial score (nSPS) is 16.0. The predicted molar refractivity (Wildman–Crippen MR) is 87.5 cm³/mol. The van der Waals surface area contributed by atoms with Crippen molar-refractivity contribution in [2.24, 2.45) is 0 Å². The van der Waals surface area contributed by atoms with E-state index < -0.39 is 15.8 Å². The van der Waals surface area contributed by atoms with Crippen LogP contribution in [0.4, 0.5) is 4.39 Å². The molecule has 0 N–H and O–H groups in total. The fourth-order valence-corrected chi connectivity index (χ4v) is 3.34. The minimum absolute atomic E-state index is 0.0729. The Kier molecular flexibility index (Phi) is 4.78. The van der Waals surface area contributed by atoms with E-state index in [1.165, 1.54) is 39.5 Å². The van der Waals surface area contributed by atoms with E-state index in [4.69, 9.17) is 9.15 Å². The number of ether oxygens (including phenoxy) is 1. The van der Waals surface area contributed by atoms with Crippen LogP contribution in [0.3, 0.4) is 0 Å². The maximum absolute atomic E-state index is 13.1. The fraction of sp³-hybridized carbons (Fsp3) is 0.312. The Labute approximate surface area is 144 Å². The van der Waals surface area contributed by atoms with Crippen molar-refractivity contribution in [1.29, 1.82) is 0 Å². The molecule has 25 heavy (non-hydrogen) atoms. The van der Waals surface area contributed by atoms with E-state index in [1.807, 2.05) is 0 Å². The molecule has 3 rings (SSSR count). The van der Waals surface area contributed by atoms with Crippen LogP contribution in [0.5, 0.6) is 11.7 Å². The van der Waals surface area contributed by atoms with Crippen molar-refractivity contribution in [2.75, 3.05) is 32.4 Å². The summed E-state index contributed by atoms with van der Waals surface area (Å²) in [6.07, 6.45) is 1.15. The van der Waals surface area contributed by atoms with E-state index in [2.05, 4.69) is 0 Å². The molecular weight excluding hydrogens is 351 g/mol. The monoisotopic (exact) mass is 368 g/mol. The van der Waals surface area contributed by atoms with Gasteiger partial charge in [-0.3, -0.25) is 4.79 Å². The molecule has 0 radical (unpaired) electrons. The Morgan fingerprint density at radius 2 is 1.88 bits per heavy atom. The van der Waals surface area contributed by atoms with E-state index in [0.717, 1.165) is 6.26 Å². The summed E-state index contributed by atoms with van der Waals surface area (Å²) in [4.78, 5) is 13.9. The smallest absolute Gasteiger partial charge is 0.290 e. The molecule has 134 valence electrons. The molecule has 1 saturated heterocycles. The molecule has 2 aromatic rings. The summed E-state index contributed by atoms with van der Waals surface area (Å²) in [5.41, 5.74) is 0. The van der Waals surface area contributed by atoms with E-state index in [1.54, 1.807) is 6.07 Å². The Bertz CT molecular complexity index is 872. The maximum atomic E-state index is 13.1. The van der Waals surface area contributed by atoms with Crippen molar-refractivity contribution in [3.05, 3.63) is 48.0 Å². The van der Waals surface area contributed by atoms with Crippen LogP contribution in [0.2, 0.25) is 0 Å². The van der Waals surface area contributed by atoms with E-state index in [0.29, 0.717) is 0 Å². The number of carbonyl (C=O) groups is 1. The fourth-order valence-electron chi connectivity index (χ4n) is 2.52. The number of furan rings is 1. The number of piperazine rings is 1. The second kappa shape index (κ2) is 6.85. The first kappa shape index (κ1) is 17.4. The lowest BCUT2D eigenvalue weighted by Gasteiger charge is -2.32. The molecule has 1 aromatic carbocycles. The lowest BCUT2D eigenvalue weighted by Crippen LogP contribution is -2.50. The summed E-state index contributed by atoms with van der Waals surface area (Å²) < 4.78 is 48.2. The van der Waals surface area contributed by atoms with Gasteiger partial charge in [0.1, 0.15) is 11.6 Å². The zero-order valence-corrected chi connectivity index (χ0v) is 14.3. The van der Waals surface area contributed by atoms with Crippen molar-refractivity contribution in [1.82, 2.24) is 9.21 Å². The van der Waals surface area contributed by atoms with Crippen LogP contribution in [0.15, 0.2) is 40.8 Å². The molecule has 0 atom stereocenters. The van der Waals surface area contributed by atoms with Crippen LogP contribution >= 0.6 is 0 Å². The zero-order valence-electron chi connectivity index (χ0n) is 13.5. The Morgan fingerprint density at radius 3 is 2.52 bits per heavy atom. The molecule has 0 spiro atoms. The quantitative estimate of drug-likeness (QED) is 0.824. The topological polar surface area (TPSA) is 80.1 Å². The summed E-state index contributed by atoms with van der Waals surface area (Å²) >= 11 is 0. The summed E-state index contributed by atoms with van der Waals surface area (Å²) in [6, 6.07) is 8.51. The predicted octanol–water partition coefficient (Wildman–Crippen LogP) is 1.93. The van der Waals surface area contributed by atoms with Crippen LogP contribution < -0.4 is 4.74 Å². The van der Waals surface area contributed by atoms with E-state index in [-0.39, 0.29) is 49.5 Å². The average Bonchev–Trinajstić information content (AvgIpc) is 3.02. The first-order valence-corrected chi connectivity index (χ1v) is 9.45. The molecule has 0 unspecified atom stereocenters. The van der Waals surface area contributed by atoms with Crippen LogP contribution in [0, 0.1) is 5.82 Å². The SMILES string of the molecule is CS(=O)(=O)N1CCN(C(=O)c2ccc(Oc3cccc(F)c3)o2)CC1. The molecule has 7 nitrogen and oxygen atoms in total. The highest BCUT2D eigenvalue weighted by molar-refractivity contribution is 7.88. The van der Waals surface area contributed by atoms with Gasteiger partial charge in [-0.15, -0.1) is 0 Å². The van der Waals surface area contributed by atoms with Gasteiger partial charge in [-0.2, -0.15) is 4.31 Å². The number of hydrogen-bond donors (Lipinski definition) is 0. The summed E-state index contributed by atoms with van der Waals surface area (Å²) in [5, 5.41) is 0. The van der Waals surface area contributed by atoms with Gasteiger partial charge < -0.3 is 14.1 Å². The summed E-state index contributed by atoms with van der Waals surface area (Å²) in [5.74, 6) is -0.371. The Morgan fingerprint density at radius 1 is 1.16 bits per heavy atom. The molecule has 1 amide bonds. The van der Waals surface area contributed by atoms with E-state index in [9.17, 15) is 17.6 Å². The molecular formula is C16H17FN2O5S.